The predicted molar refractivity (Wildman–Crippen MR) is 51.6 cm³/mol. The van der Waals surface area contributed by atoms with Gasteiger partial charge in [0.15, 0.2) is 0 Å². The van der Waals surface area contributed by atoms with Crippen LogP contribution in [0.4, 0.5) is 0 Å². The lowest BCUT2D eigenvalue weighted by molar-refractivity contribution is 0.265. The maximum Gasteiger partial charge on any atom is 0.0893 e. The van der Waals surface area contributed by atoms with E-state index < -0.39 is 0 Å². The standard InChI is InChI=1S/C9H16N4O/c10-3-8(6-14)9-5-13(12-11-9)4-7-1-2-7/h5,7-8,14H,1-4,6,10H2. The fourth-order valence-corrected chi connectivity index (χ4v) is 1.44. The van der Waals surface area contributed by atoms with E-state index in [4.69, 9.17) is 10.8 Å². The first-order valence-corrected chi connectivity index (χ1v) is 5.04. The molecule has 3 N–H and O–H groups in total. The van der Waals surface area contributed by atoms with Gasteiger partial charge in [-0.3, -0.25) is 4.68 Å². The Morgan fingerprint density at radius 3 is 3.00 bits per heavy atom. The monoisotopic (exact) mass is 196 g/mol. The molecule has 0 radical (unpaired) electrons. The number of hydrogen-bond acceptors (Lipinski definition) is 4. The van der Waals surface area contributed by atoms with E-state index >= 15 is 0 Å². The SMILES string of the molecule is NCC(CO)c1cn(CC2CC2)nn1. The third kappa shape index (κ3) is 2.10. The number of aliphatic hydroxyl groups excluding tert-OH is 1. The summed E-state index contributed by atoms with van der Waals surface area (Å²) in [5.74, 6) is 0.720. The van der Waals surface area contributed by atoms with Crippen LogP contribution in [0.3, 0.4) is 0 Å². The molecule has 1 aromatic rings. The van der Waals surface area contributed by atoms with Crippen LogP contribution in [-0.2, 0) is 6.54 Å². The Labute approximate surface area is 82.9 Å². The third-order valence-corrected chi connectivity index (χ3v) is 2.62. The summed E-state index contributed by atoms with van der Waals surface area (Å²) >= 11 is 0. The zero-order valence-corrected chi connectivity index (χ0v) is 8.13. The summed E-state index contributed by atoms with van der Waals surface area (Å²) in [4.78, 5) is 0. The molecule has 1 aliphatic rings. The second-order valence-electron chi connectivity index (χ2n) is 3.92. The number of aliphatic hydroxyl groups is 1. The van der Waals surface area contributed by atoms with Gasteiger partial charge in [0.25, 0.3) is 0 Å². The van der Waals surface area contributed by atoms with Crippen molar-refractivity contribution in [3.05, 3.63) is 11.9 Å². The largest absolute Gasteiger partial charge is 0.396 e. The first-order chi connectivity index (χ1) is 6.83. The van der Waals surface area contributed by atoms with Crippen LogP contribution in [0.5, 0.6) is 0 Å². The van der Waals surface area contributed by atoms with Gasteiger partial charge in [-0.2, -0.15) is 0 Å². The molecule has 1 heterocycles. The van der Waals surface area contributed by atoms with Crippen molar-refractivity contribution in [1.82, 2.24) is 15.0 Å². The van der Waals surface area contributed by atoms with Crippen LogP contribution in [-0.4, -0.2) is 33.3 Å². The van der Waals surface area contributed by atoms with E-state index in [0.717, 1.165) is 18.2 Å². The van der Waals surface area contributed by atoms with Gasteiger partial charge in [-0.25, -0.2) is 0 Å². The number of nitrogens with two attached hydrogens (primary N) is 1. The van der Waals surface area contributed by atoms with Gasteiger partial charge in [-0.05, 0) is 18.8 Å². The average molecular weight is 196 g/mol. The van der Waals surface area contributed by atoms with Gasteiger partial charge in [0.05, 0.1) is 12.3 Å². The molecule has 0 bridgehead atoms. The van der Waals surface area contributed by atoms with Gasteiger partial charge in [-0.15, -0.1) is 5.10 Å². The first kappa shape index (κ1) is 9.61. The fourth-order valence-electron chi connectivity index (χ4n) is 1.44. The first-order valence-electron chi connectivity index (χ1n) is 5.04. The second-order valence-corrected chi connectivity index (χ2v) is 3.92. The maximum absolute atomic E-state index is 9.03. The summed E-state index contributed by atoms with van der Waals surface area (Å²) in [6.07, 6.45) is 4.50. The van der Waals surface area contributed by atoms with E-state index in [9.17, 15) is 0 Å². The van der Waals surface area contributed by atoms with E-state index in [-0.39, 0.29) is 12.5 Å². The summed E-state index contributed by atoms with van der Waals surface area (Å²) in [6, 6.07) is 0. The highest BCUT2D eigenvalue weighted by Gasteiger charge is 2.22. The third-order valence-electron chi connectivity index (χ3n) is 2.62. The minimum absolute atomic E-state index is 0.0403. The van der Waals surface area contributed by atoms with Gasteiger partial charge in [0.1, 0.15) is 0 Å². The molecule has 1 aliphatic carbocycles. The minimum Gasteiger partial charge on any atom is -0.396 e. The molecule has 1 unspecified atom stereocenters. The van der Waals surface area contributed by atoms with Crippen LogP contribution in [0.15, 0.2) is 6.20 Å². The van der Waals surface area contributed by atoms with Gasteiger partial charge >= 0.3 is 0 Å². The summed E-state index contributed by atoms with van der Waals surface area (Å²) in [7, 11) is 0. The summed E-state index contributed by atoms with van der Waals surface area (Å²) in [5, 5.41) is 17.1. The van der Waals surface area contributed by atoms with Crippen molar-refractivity contribution in [2.45, 2.75) is 25.3 Å². The Hall–Kier alpha value is -0.940. The molecule has 1 saturated carbocycles. The highest BCUT2D eigenvalue weighted by molar-refractivity contribution is 5.02. The van der Waals surface area contributed by atoms with Crippen molar-refractivity contribution in [2.75, 3.05) is 13.2 Å². The average Bonchev–Trinajstić information content (AvgIpc) is 2.88. The number of rotatable bonds is 5. The Morgan fingerprint density at radius 1 is 1.64 bits per heavy atom. The summed E-state index contributed by atoms with van der Waals surface area (Å²) in [5.41, 5.74) is 6.30. The van der Waals surface area contributed by atoms with Crippen LogP contribution in [0.1, 0.15) is 24.5 Å². The molecule has 1 fully saturated rings. The van der Waals surface area contributed by atoms with Crippen molar-refractivity contribution in [3.8, 4) is 0 Å². The molecule has 14 heavy (non-hydrogen) atoms. The molecule has 2 rings (SSSR count). The summed E-state index contributed by atoms with van der Waals surface area (Å²) in [6.45, 7) is 1.41. The molecule has 5 nitrogen and oxygen atoms in total. The van der Waals surface area contributed by atoms with Crippen LogP contribution in [0, 0.1) is 5.92 Å². The van der Waals surface area contributed by atoms with Crippen LogP contribution >= 0.6 is 0 Å². The molecular formula is C9H16N4O. The molecule has 0 aliphatic heterocycles. The fraction of sp³-hybridized carbons (Fsp3) is 0.778. The minimum atomic E-state index is -0.0667. The smallest absolute Gasteiger partial charge is 0.0893 e. The predicted octanol–water partition coefficient (Wildman–Crippen LogP) is -0.277. The van der Waals surface area contributed by atoms with Crippen molar-refractivity contribution >= 4 is 0 Å². The molecule has 78 valence electrons. The number of aromatic nitrogens is 3. The Morgan fingerprint density at radius 2 is 2.43 bits per heavy atom. The van der Waals surface area contributed by atoms with E-state index in [1.807, 2.05) is 10.9 Å². The van der Waals surface area contributed by atoms with E-state index in [1.54, 1.807) is 0 Å². The molecule has 5 heteroatoms. The van der Waals surface area contributed by atoms with E-state index in [2.05, 4.69) is 10.3 Å². The molecule has 0 spiro atoms. The topological polar surface area (TPSA) is 77.0 Å². The van der Waals surface area contributed by atoms with Crippen molar-refractivity contribution in [3.63, 3.8) is 0 Å². The van der Waals surface area contributed by atoms with Crippen LogP contribution < -0.4 is 5.73 Å². The van der Waals surface area contributed by atoms with Gasteiger partial charge in [-0.1, -0.05) is 5.21 Å². The summed E-state index contributed by atoms with van der Waals surface area (Å²) < 4.78 is 1.85. The Bertz CT molecular complexity index is 291. The van der Waals surface area contributed by atoms with E-state index in [1.165, 1.54) is 12.8 Å². The van der Waals surface area contributed by atoms with E-state index in [0.29, 0.717) is 6.54 Å². The zero-order valence-electron chi connectivity index (χ0n) is 8.13. The maximum atomic E-state index is 9.03. The molecule has 0 amide bonds. The Kier molecular flexibility index (Phi) is 2.79. The van der Waals surface area contributed by atoms with Gasteiger partial charge < -0.3 is 10.8 Å². The quantitative estimate of drug-likeness (QED) is 0.679. The Balaban J connectivity index is 1.99. The van der Waals surface area contributed by atoms with Crippen molar-refractivity contribution in [2.24, 2.45) is 11.7 Å². The highest BCUT2D eigenvalue weighted by atomic mass is 16.3. The zero-order chi connectivity index (χ0) is 9.97. The molecule has 0 saturated heterocycles. The van der Waals surface area contributed by atoms with Gasteiger partial charge in [0.2, 0.25) is 0 Å². The molecule has 1 atom stereocenters. The van der Waals surface area contributed by atoms with Crippen LogP contribution in [0.25, 0.3) is 0 Å². The lowest BCUT2D eigenvalue weighted by Crippen LogP contribution is -2.16. The molecular weight excluding hydrogens is 180 g/mol. The molecule has 0 aromatic carbocycles. The van der Waals surface area contributed by atoms with Gasteiger partial charge in [0, 0.05) is 25.2 Å². The number of hydrogen-bond donors (Lipinski definition) is 2. The highest BCUT2D eigenvalue weighted by Crippen LogP contribution is 2.30. The molecule has 1 aromatic heterocycles. The van der Waals surface area contributed by atoms with Crippen LogP contribution in [0.2, 0.25) is 0 Å². The van der Waals surface area contributed by atoms with Crippen molar-refractivity contribution < 1.29 is 5.11 Å². The second kappa shape index (κ2) is 4.06. The number of nitrogens with zero attached hydrogens (tertiary/aromatic N) is 3. The lowest BCUT2D eigenvalue weighted by Gasteiger charge is -2.05. The van der Waals surface area contributed by atoms with Crippen molar-refractivity contribution in [1.29, 1.82) is 0 Å². The normalized spacial score (nSPS) is 18.4. The lowest BCUT2D eigenvalue weighted by atomic mass is 10.1.